The number of nitrogens with one attached hydrogen (secondary N) is 1. The Morgan fingerprint density at radius 1 is 1.07 bits per heavy atom. The van der Waals surface area contributed by atoms with E-state index in [1.165, 1.54) is 11.5 Å². The molecule has 7 nitrogen and oxygen atoms in total. The number of aryl methyl sites for hydroxylation is 1. The lowest BCUT2D eigenvalue weighted by Crippen LogP contribution is -2.11. The molecule has 0 saturated carbocycles. The van der Waals surface area contributed by atoms with Crippen molar-refractivity contribution in [3.8, 4) is 10.7 Å². The second kappa shape index (κ2) is 7.08. The molecule has 0 spiro atoms. The summed E-state index contributed by atoms with van der Waals surface area (Å²) in [6, 6.07) is 15.3. The van der Waals surface area contributed by atoms with E-state index >= 15 is 0 Å². The van der Waals surface area contributed by atoms with Crippen LogP contribution in [0.5, 0.6) is 0 Å². The Kier molecular flexibility index (Phi) is 4.47. The summed E-state index contributed by atoms with van der Waals surface area (Å²) in [7, 11) is 0. The Balaban J connectivity index is 1.70. The summed E-state index contributed by atoms with van der Waals surface area (Å²) in [6.45, 7) is 2.43. The smallest absolute Gasteiger partial charge is 0.250 e. The third kappa shape index (κ3) is 3.47. The van der Waals surface area contributed by atoms with Crippen molar-refractivity contribution >= 4 is 34.3 Å². The molecule has 8 heteroatoms. The van der Waals surface area contributed by atoms with Gasteiger partial charge in [0.1, 0.15) is 10.7 Å². The first-order valence-corrected chi connectivity index (χ1v) is 9.08. The lowest BCUT2D eigenvalue weighted by molar-refractivity contribution is 0.100. The zero-order chi connectivity index (χ0) is 18.8. The highest BCUT2D eigenvalue weighted by atomic mass is 32.1. The molecule has 4 aromatic rings. The van der Waals surface area contributed by atoms with Gasteiger partial charge in [0.15, 0.2) is 5.82 Å². The van der Waals surface area contributed by atoms with E-state index in [1.807, 2.05) is 43.3 Å². The Morgan fingerprint density at radius 2 is 1.89 bits per heavy atom. The van der Waals surface area contributed by atoms with Crippen molar-refractivity contribution in [2.24, 2.45) is 5.73 Å². The van der Waals surface area contributed by atoms with Gasteiger partial charge in [-0.25, -0.2) is 4.98 Å². The first-order valence-electron chi connectivity index (χ1n) is 8.31. The molecule has 0 saturated heterocycles. The highest BCUT2D eigenvalue weighted by molar-refractivity contribution is 7.11. The summed E-state index contributed by atoms with van der Waals surface area (Å²) in [5, 5.41) is 4.03. The second-order valence-corrected chi connectivity index (χ2v) is 6.72. The average molecular weight is 376 g/mol. The van der Waals surface area contributed by atoms with Crippen LogP contribution in [0.3, 0.4) is 0 Å². The second-order valence-electron chi connectivity index (χ2n) is 5.95. The van der Waals surface area contributed by atoms with Crippen LogP contribution in [0.1, 0.15) is 21.7 Å². The number of anilines is 1. The molecule has 0 aliphatic carbocycles. The van der Waals surface area contributed by atoms with E-state index in [0.717, 1.165) is 15.8 Å². The molecule has 4 rings (SSSR count). The monoisotopic (exact) mass is 376 g/mol. The van der Waals surface area contributed by atoms with Crippen LogP contribution in [-0.4, -0.2) is 25.2 Å². The van der Waals surface area contributed by atoms with E-state index in [1.54, 1.807) is 12.1 Å². The number of nitrogens with zero attached hydrogens (tertiary/aromatic N) is 4. The molecule has 0 radical (unpaired) electrons. The average Bonchev–Trinajstić information content (AvgIpc) is 3.11. The van der Waals surface area contributed by atoms with Gasteiger partial charge in [-0.3, -0.25) is 4.79 Å². The Hall–Kier alpha value is -3.39. The zero-order valence-corrected chi connectivity index (χ0v) is 15.3. The number of hydrogen-bond acceptors (Lipinski definition) is 7. The van der Waals surface area contributed by atoms with Crippen LogP contribution in [0.15, 0.2) is 48.5 Å². The molecule has 0 aliphatic rings. The first kappa shape index (κ1) is 17.0. The van der Waals surface area contributed by atoms with Gasteiger partial charge in [-0.1, -0.05) is 42.5 Å². The van der Waals surface area contributed by atoms with Gasteiger partial charge in [0.2, 0.25) is 5.95 Å². The number of rotatable bonds is 5. The molecule has 0 fully saturated rings. The van der Waals surface area contributed by atoms with Gasteiger partial charge in [-0.2, -0.15) is 14.3 Å². The van der Waals surface area contributed by atoms with Gasteiger partial charge in [0, 0.05) is 11.9 Å². The summed E-state index contributed by atoms with van der Waals surface area (Å²) < 4.78 is 4.39. The van der Waals surface area contributed by atoms with Crippen molar-refractivity contribution in [1.82, 2.24) is 19.3 Å². The molecular weight excluding hydrogens is 360 g/mol. The van der Waals surface area contributed by atoms with Crippen LogP contribution in [0.4, 0.5) is 5.95 Å². The molecule has 2 aromatic carbocycles. The van der Waals surface area contributed by atoms with E-state index in [2.05, 4.69) is 24.6 Å². The van der Waals surface area contributed by atoms with Crippen molar-refractivity contribution in [3.63, 3.8) is 0 Å². The van der Waals surface area contributed by atoms with Crippen molar-refractivity contribution in [3.05, 3.63) is 65.5 Å². The van der Waals surface area contributed by atoms with E-state index in [-0.39, 0.29) is 0 Å². The number of fused-ring (bicyclic) bond motifs is 1. The van der Waals surface area contributed by atoms with E-state index in [4.69, 9.17) is 5.73 Å². The molecule has 1 amide bonds. The van der Waals surface area contributed by atoms with Crippen molar-refractivity contribution in [2.75, 3.05) is 5.32 Å². The van der Waals surface area contributed by atoms with E-state index in [0.29, 0.717) is 35.2 Å². The standard InChI is InChI=1S/C19H16N6OS/c1-11-22-18(24-19(23-11)21-10-12-6-3-2-4-7-12)16-13-8-5-9-14(17(20)26)15(13)25-27-16/h2-9H,10H2,1H3,(H2,20,26)(H,21,22,23,24). The molecule has 3 N–H and O–H groups in total. The molecule has 0 atom stereocenters. The van der Waals surface area contributed by atoms with E-state index < -0.39 is 5.91 Å². The Labute approximate surface area is 159 Å². The summed E-state index contributed by atoms with van der Waals surface area (Å²) in [6.07, 6.45) is 0. The minimum atomic E-state index is -0.505. The number of amides is 1. The SMILES string of the molecule is Cc1nc(NCc2ccccc2)nc(-c2snc3c(C(N)=O)cccc23)n1. The molecule has 134 valence electrons. The van der Waals surface area contributed by atoms with Gasteiger partial charge >= 0.3 is 0 Å². The van der Waals surface area contributed by atoms with Crippen LogP contribution >= 0.6 is 11.5 Å². The van der Waals surface area contributed by atoms with Crippen LogP contribution in [0, 0.1) is 6.92 Å². The number of carbonyl (C=O) groups is 1. The summed E-state index contributed by atoms with van der Waals surface area (Å²) in [5.41, 5.74) is 7.54. The van der Waals surface area contributed by atoms with Gasteiger partial charge in [-0.15, -0.1) is 0 Å². The van der Waals surface area contributed by atoms with Crippen LogP contribution < -0.4 is 11.1 Å². The van der Waals surface area contributed by atoms with Gasteiger partial charge < -0.3 is 11.1 Å². The summed E-state index contributed by atoms with van der Waals surface area (Å²) >= 11 is 1.24. The lowest BCUT2D eigenvalue weighted by Gasteiger charge is -2.07. The number of aromatic nitrogens is 4. The third-order valence-corrected chi connectivity index (χ3v) is 4.88. The molecule has 0 bridgehead atoms. The maximum atomic E-state index is 11.6. The van der Waals surface area contributed by atoms with E-state index in [9.17, 15) is 4.79 Å². The predicted molar refractivity (Wildman–Crippen MR) is 105 cm³/mol. The molecule has 0 aliphatic heterocycles. The minimum absolute atomic E-state index is 0.392. The maximum Gasteiger partial charge on any atom is 0.250 e. The van der Waals surface area contributed by atoms with Gasteiger partial charge in [0.25, 0.3) is 5.91 Å². The largest absolute Gasteiger partial charge is 0.366 e. The fraction of sp³-hybridized carbons (Fsp3) is 0.105. The van der Waals surface area contributed by atoms with Gasteiger partial charge in [0.05, 0.1) is 11.1 Å². The maximum absolute atomic E-state index is 11.6. The van der Waals surface area contributed by atoms with Crippen LogP contribution in [0.25, 0.3) is 21.6 Å². The van der Waals surface area contributed by atoms with Crippen molar-refractivity contribution in [2.45, 2.75) is 13.5 Å². The number of carbonyl (C=O) groups excluding carboxylic acids is 1. The number of primary amides is 1. The lowest BCUT2D eigenvalue weighted by atomic mass is 10.1. The molecule has 0 unspecified atom stereocenters. The minimum Gasteiger partial charge on any atom is -0.366 e. The molecule has 27 heavy (non-hydrogen) atoms. The quantitative estimate of drug-likeness (QED) is 0.554. The normalized spacial score (nSPS) is 10.9. The highest BCUT2D eigenvalue weighted by Crippen LogP contribution is 2.32. The third-order valence-electron chi connectivity index (χ3n) is 4.02. The summed E-state index contributed by atoms with van der Waals surface area (Å²) in [5.74, 6) is 1.11. The Bertz CT molecular complexity index is 1130. The first-order chi connectivity index (χ1) is 13.1. The fourth-order valence-electron chi connectivity index (χ4n) is 2.77. The van der Waals surface area contributed by atoms with Crippen LogP contribution in [0.2, 0.25) is 0 Å². The molecule has 2 heterocycles. The number of nitrogens with two attached hydrogens (primary N) is 1. The molecule has 2 aromatic heterocycles. The zero-order valence-electron chi connectivity index (χ0n) is 14.5. The predicted octanol–water partition coefficient (Wildman–Crippen LogP) is 3.17. The van der Waals surface area contributed by atoms with Crippen LogP contribution in [-0.2, 0) is 6.54 Å². The van der Waals surface area contributed by atoms with Crippen molar-refractivity contribution < 1.29 is 4.79 Å². The van der Waals surface area contributed by atoms with Gasteiger partial charge in [-0.05, 0) is 30.1 Å². The topological polar surface area (TPSA) is 107 Å². The highest BCUT2D eigenvalue weighted by Gasteiger charge is 2.17. The number of hydrogen-bond donors (Lipinski definition) is 2. The molecular formula is C19H16N6OS. The number of benzene rings is 2. The fourth-order valence-corrected chi connectivity index (χ4v) is 3.58. The summed E-state index contributed by atoms with van der Waals surface area (Å²) in [4.78, 5) is 25.7. The van der Waals surface area contributed by atoms with Crippen molar-refractivity contribution in [1.29, 1.82) is 0 Å². The Morgan fingerprint density at radius 3 is 2.67 bits per heavy atom.